The summed E-state index contributed by atoms with van der Waals surface area (Å²) in [7, 11) is 0. The maximum absolute atomic E-state index is 7.32. The van der Waals surface area contributed by atoms with Crippen LogP contribution in [0, 0.1) is 0 Å². The summed E-state index contributed by atoms with van der Waals surface area (Å²) in [6.45, 7) is 0. The van der Waals surface area contributed by atoms with Crippen molar-refractivity contribution in [2.45, 2.75) is 5.31 Å². The second-order valence-electron chi connectivity index (χ2n) is 1.63. The van der Waals surface area contributed by atoms with Crippen molar-refractivity contribution in [2.75, 3.05) is 0 Å². The molecule has 1 atom stereocenters. The molecule has 4 heteroatoms. The molecule has 0 N–H and O–H groups in total. The van der Waals surface area contributed by atoms with Gasteiger partial charge in [-0.1, -0.05) is 39.1 Å². The highest BCUT2D eigenvalue weighted by molar-refractivity contribution is 9.08. The molecule has 1 unspecified atom stereocenters. The zero-order valence-electron chi connectivity index (χ0n) is 5.81. The first-order valence-corrected chi connectivity index (χ1v) is 4.15. The predicted octanol–water partition coefficient (Wildman–Crippen LogP) is 3.28. The molecule has 0 radical (unpaired) electrons. The Hall–Kier alpha value is 0.210. The van der Waals surface area contributed by atoms with Gasteiger partial charge in [-0.25, -0.2) is 0 Å². The Kier molecular flexibility index (Phi) is 2.45. The van der Waals surface area contributed by atoms with E-state index in [1.54, 1.807) is 0 Å². The minimum atomic E-state index is -0.592. The van der Waals surface area contributed by atoms with Crippen molar-refractivity contribution in [3.8, 4) is 0 Å². The maximum atomic E-state index is 7.32. The lowest BCUT2D eigenvalue weighted by atomic mass is 10.3. The smallest absolute Gasteiger partial charge is 0.0644 e. The Bertz CT molecular complexity index is 247. The fourth-order valence-electron chi connectivity index (χ4n) is 0.526. The Balaban J connectivity index is 3.21. The summed E-state index contributed by atoms with van der Waals surface area (Å²) in [5.74, 6) is 0. The number of aromatic nitrogens is 1. The van der Waals surface area contributed by atoms with Gasteiger partial charge < -0.3 is 0 Å². The van der Waals surface area contributed by atoms with Crippen LogP contribution in [0.3, 0.4) is 0 Å². The van der Waals surface area contributed by atoms with Crippen molar-refractivity contribution >= 4 is 39.1 Å². The van der Waals surface area contributed by atoms with Crippen LogP contribution in [0.5, 0.6) is 0 Å². The largest absolute Gasteiger partial charge is 0.262 e. The SMILES string of the molecule is [2H]C(Br)c1c(Cl)cncc1Cl. The van der Waals surface area contributed by atoms with Crippen LogP contribution >= 0.6 is 39.1 Å². The average molecular weight is 242 g/mol. The lowest BCUT2D eigenvalue weighted by Gasteiger charge is -1.99. The van der Waals surface area contributed by atoms with E-state index in [1.807, 2.05) is 0 Å². The number of hydrogen-bond acceptors (Lipinski definition) is 1. The molecule has 1 aromatic heterocycles. The van der Waals surface area contributed by atoms with Crippen LogP contribution in [-0.2, 0) is 5.31 Å². The highest BCUT2D eigenvalue weighted by Crippen LogP contribution is 2.24. The summed E-state index contributed by atoms with van der Waals surface area (Å²) in [5.41, 5.74) is 0.559. The number of pyridine rings is 1. The normalized spacial score (nSPS) is 14.5. The fraction of sp³-hybridized carbons (Fsp3) is 0.167. The Morgan fingerprint density at radius 1 is 1.50 bits per heavy atom. The van der Waals surface area contributed by atoms with Gasteiger partial charge in [-0.05, 0) is 0 Å². The third kappa shape index (κ3) is 1.62. The maximum Gasteiger partial charge on any atom is 0.0644 e. The number of nitrogens with zero attached hydrogens (tertiary/aromatic N) is 1. The molecule has 0 saturated carbocycles. The molecular formula is C6H4BrCl2N. The molecule has 1 heterocycles. The van der Waals surface area contributed by atoms with Crippen molar-refractivity contribution in [3.63, 3.8) is 0 Å². The van der Waals surface area contributed by atoms with E-state index in [-0.39, 0.29) is 0 Å². The third-order valence-electron chi connectivity index (χ3n) is 0.999. The van der Waals surface area contributed by atoms with Crippen molar-refractivity contribution in [3.05, 3.63) is 28.0 Å². The summed E-state index contributed by atoms with van der Waals surface area (Å²) >= 11 is 14.5. The molecule has 0 aliphatic rings. The molecule has 0 spiro atoms. The molecule has 1 nitrogen and oxygen atoms in total. The zero-order chi connectivity index (χ0) is 8.43. The predicted molar refractivity (Wildman–Crippen MR) is 46.9 cm³/mol. The van der Waals surface area contributed by atoms with E-state index in [1.165, 1.54) is 12.4 Å². The fourth-order valence-corrected chi connectivity index (χ4v) is 1.76. The molecule has 1 aromatic rings. The van der Waals surface area contributed by atoms with E-state index in [9.17, 15) is 0 Å². The van der Waals surface area contributed by atoms with E-state index in [4.69, 9.17) is 24.6 Å². The molecule has 10 heavy (non-hydrogen) atoms. The van der Waals surface area contributed by atoms with Crippen molar-refractivity contribution in [1.29, 1.82) is 0 Å². The standard InChI is InChI=1S/C6H4BrCl2N/c7-1-4-5(8)2-10-3-6(4)9/h2-3H,1H2/i1D. The zero-order valence-corrected chi connectivity index (χ0v) is 7.91. The number of hydrogen-bond donors (Lipinski definition) is 0. The van der Waals surface area contributed by atoms with Gasteiger partial charge in [0.15, 0.2) is 0 Å². The molecule has 0 saturated heterocycles. The highest BCUT2D eigenvalue weighted by Gasteiger charge is 2.02. The van der Waals surface area contributed by atoms with Gasteiger partial charge >= 0.3 is 0 Å². The van der Waals surface area contributed by atoms with Gasteiger partial charge in [-0.3, -0.25) is 4.98 Å². The highest BCUT2D eigenvalue weighted by atomic mass is 79.9. The molecule has 0 bridgehead atoms. The topological polar surface area (TPSA) is 12.9 Å². The van der Waals surface area contributed by atoms with Crippen LogP contribution < -0.4 is 0 Å². The Morgan fingerprint density at radius 3 is 2.30 bits per heavy atom. The first-order chi connectivity index (χ1) is 5.13. The van der Waals surface area contributed by atoms with Crippen molar-refractivity contribution in [2.24, 2.45) is 0 Å². The Labute approximate surface area is 78.9 Å². The minimum Gasteiger partial charge on any atom is -0.262 e. The number of alkyl halides is 1. The molecule has 0 aliphatic carbocycles. The van der Waals surface area contributed by atoms with Crippen LogP contribution in [-0.4, -0.2) is 4.98 Å². The van der Waals surface area contributed by atoms with Crippen LogP contribution in [0.25, 0.3) is 0 Å². The van der Waals surface area contributed by atoms with Gasteiger partial charge in [0.25, 0.3) is 0 Å². The summed E-state index contributed by atoms with van der Waals surface area (Å²) in [6.07, 6.45) is 2.93. The summed E-state index contributed by atoms with van der Waals surface area (Å²) < 4.78 is 7.32. The van der Waals surface area contributed by atoms with Crippen LogP contribution in [0.15, 0.2) is 12.4 Å². The average Bonchev–Trinajstić information content (AvgIpc) is 1.85. The lowest BCUT2D eigenvalue weighted by Crippen LogP contribution is -1.83. The second-order valence-corrected chi connectivity index (χ2v) is 2.90. The van der Waals surface area contributed by atoms with Gasteiger partial charge in [0.1, 0.15) is 0 Å². The minimum absolute atomic E-state index is 0.411. The van der Waals surface area contributed by atoms with Gasteiger partial charge in [-0.2, -0.15) is 0 Å². The summed E-state index contributed by atoms with van der Waals surface area (Å²) in [6, 6.07) is 0. The number of rotatable bonds is 1. The monoisotopic (exact) mass is 240 g/mol. The van der Waals surface area contributed by atoms with Crippen LogP contribution in [0.2, 0.25) is 10.0 Å². The van der Waals surface area contributed by atoms with Gasteiger partial charge in [0.05, 0.1) is 10.0 Å². The second kappa shape index (κ2) is 3.56. The van der Waals surface area contributed by atoms with E-state index in [0.717, 1.165) is 0 Å². The lowest BCUT2D eigenvalue weighted by molar-refractivity contribution is 1.28. The van der Waals surface area contributed by atoms with Crippen LogP contribution in [0.1, 0.15) is 6.93 Å². The van der Waals surface area contributed by atoms with Crippen molar-refractivity contribution in [1.82, 2.24) is 4.98 Å². The first-order valence-electron chi connectivity index (χ1n) is 3.06. The van der Waals surface area contributed by atoms with Gasteiger partial charge in [-0.15, -0.1) is 0 Å². The first kappa shape index (κ1) is 6.89. The molecule has 0 aliphatic heterocycles. The number of halogens is 3. The third-order valence-corrected chi connectivity index (χ3v) is 2.06. The molecule has 54 valence electrons. The van der Waals surface area contributed by atoms with E-state index in [2.05, 4.69) is 20.9 Å². The van der Waals surface area contributed by atoms with E-state index < -0.39 is 5.31 Å². The van der Waals surface area contributed by atoms with Gasteiger partial charge in [0, 0.05) is 24.6 Å². The summed E-state index contributed by atoms with van der Waals surface area (Å²) in [4.78, 5) is 3.76. The Morgan fingerprint density at radius 2 is 2.00 bits per heavy atom. The molecule has 0 aromatic carbocycles. The quantitative estimate of drug-likeness (QED) is 0.688. The van der Waals surface area contributed by atoms with Crippen molar-refractivity contribution < 1.29 is 1.37 Å². The van der Waals surface area contributed by atoms with Gasteiger partial charge in [0.2, 0.25) is 0 Å². The van der Waals surface area contributed by atoms with E-state index in [0.29, 0.717) is 15.6 Å². The van der Waals surface area contributed by atoms with E-state index >= 15 is 0 Å². The molecule has 0 fully saturated rings. The molecule has 1 rings (SSSR count). The van der Waals surface area contributed by atoms with Crippen LogP contribution in [0.4, 0.5) is 0 Å². The molecule has 0 amide bonds. The molecular weight excluding hydrogens is 237 g/mol. The summed E-state index contributed by atoms with van der Waals surface area (Å²) in [5, 5.41) is 0.231.